The molecule has 0 aliphatic heterocycles. The third kappa shape index (κ3) is 3.91. The molecule has 0 fully saturated rings. The summed E-state index contributed by atoms with van der Waals surface area (Å²) in [6.45, 7) is 0. The van der Waals surface area contributed by atoms with Gasteiger partial charge in [-0.1, -0.05) is 66.7 Å². The van der Waals surface area contributed by atoms with Crippen LogP contribution in [0.15, 0.2) is 150 Å². The first kappa shape index (κ1) is 27.1. The molecule has 0 atom stereocenters. The Morgan fingerprint density at radius 2 is 1.08 bits per heavy atom. The smallest absolute Gasteiger partial charge is 0.137 e. The van der Waals surface area contributed by atoms with Crippen LogP contribution in [-0.2, 0) is 0 Å². The van der Waals surface area contributed by atoms with Crippen LogP contribution in [-0.4, -0.2) is 9.13 Å². The molecule has 0 saturated heterocycles. The molecule has 0 N–H and O–H groups in total. The molecule has 226 valence electrons. The van der Waals surface area contributed by atoms with Crippen molar-refractivity contribution in [1.29, 1.82) is 10.5 Å². The SMILES string of the molecule is N#Cc1cc(C#N)cc(-c2ccc3oc4cccc(-n5c6ccccc6c6cc7c8ccccc8n(-c8ccccc8)c7cc65)c4c3c2)c1. The zero-order valence-corrected chi connectivity index (χ0v) is 26.1. The van der Waals surface area contributed by atoms with Gasteiger partial charge in [0, 0.05) is 32.6 Å². The first-order chi connectivity index (χ1) is 24.2. The monoisotopic (exact) mass is 624 g/mol. The molecule has 7 aromatic carbocycles. The van der Waals surface area contributed by atoms with Crippen LogP contribution in [0.2, 0.25) is 0 Å². The summed E-state index contributed by atoms with van der Waals surface area (Å²) in [5.74, 6) is 0. The Morgan fingerprint density at radius 1 is 0.429 bits per heavy atom. The zero-order chi connectivity index (χ0) is 32.6. The molecule has 5 nitrogen and oxygen atoms in total. The molecule has 0 aliphatic rings. The maximum atomic E-state index is 9.63. The molecule has 49 heavy (non-hydrogen) atoms. The number of hydrogen-bond donors (Lipinski definition) is 0. The van der Waals surface area contributed by atoms with Crippen LogP contribution in [0.1, 0.15) is 11.1 Å². The van der Waals surface area contributed by atoms with Gasteiger partial charge in [-0.05, 0) is 90.0 Å². The summed E-state index contributed by atoms with van der Waals surface area (Å²) in [4.78, 5) is 0. The number of aromatic nitrogens is 2. The highest BCUT2D eigenvalue weighted by Gasteiger charge is 2.21. The van der Waals surface area contributed by atoms with Crippen molar-refractivity contribution in [3.05, 3.63) is 157 Å². The van der Waals surface area contributed by atoms with E-state index in [0.717, 1.165) is 61.0 Å². The highest BCUT2D eigenvalue weighted by atomic mass is 16.3. The number of para-hydroxylation sites is 3. The number of benzene rings is 7. The standard InChI is InChI=1S/C44H24N4O/c45-25-27-19-28(26-46)21-30(20-27)29-17-18-42-36(22-29)44-39(15-8-16-43(44)49-42)48-38-14-7-5-12-33(38)35-23-34-32-11-4-6-13-37(32)47(40(34)24-41(35)48)31-9-2-1-3-10-31/h1-24H. The molecule has 0 unspecified atom stereocenters. The summed E-state index contributed by atoms with van der Waals surface area (Å²) in [5.41, 5.74) is 10.9. The fourth-order valence-corrected chi connectivity index (χ4v) is 7.64. The predicted molar refractivity (Wildman–Crippen MR) is 197 cm³/mol. The van der Waals surface area contributed by atoms with Gasteiger partial charge in [0.15, 0.2) is 0 Å². The summed E-state index contributed by atoms with van der Waals surface area (Å²) in [6, 6.07) is 54.4. The molecule has 10 aromatic rings. The topological polar surface area (TPSA) is 70.6 Å². The van der Waals surface area contributed by atoms with Gasteiger partial charge in [0.2, 0.25) is 0 Å². The number of nitriles is 2. The van der Waals surface area contributed by atoms with Crippen molar-refractivity contribution in [3.63, 3.8) is 0 Å². The van der Waals surface area contributed by atoms with Crippen molar-refractivity contribution in [2.45, 2.75) is 0 Å². The molecule has 0 saturated carbocycles. The van der Waals surface area contributed by atoms with Gasteiger partial charge >= 0.3 is 0 Å². The highest BCUT2D eigenvalue weighted by molar-refractivity contribution is 6.20. The summed E-state index contributed by atoms with van der Waals surface area (Å²) >= 11 is 0. The molecule has 0 aliphatic carbocycles. The maximum absolute atomic E-state index is 9.63. The lowest BCUT2D eigenvalue weighted by Gasteiger charge is -2.11. The van der Waals surface area contributed by atoms with Crippen LogP contribution in [0.4, 0.5) is 0 Å². The van der Waals surface area contributed by atoms with Crippen LogP contribution in [0.25, 0.3) is 88.1 Å². The summed E-state index contributed by atoms with van der Waals surface area (Å²) < 4.78 is 11.2. The molecule has 0 radical (unpaired) electrons. The molecule has 0 spiro atoms. The number of hydrogen-bond acceptors (Lipinski definition) is 3. The van der Waals surface area contributed by atoms with Crippen LogP contribution in [0, 0.1) is 22.7 Å². The molecule has 3 heterocycles. The Labute approximate surface area is 280 Å². The number of furan rings is 1. The van der Waals surface area contributed by atoms with Crippen molar-refractivity contribution in [2.75, 3.05) is 0 Å². The van der Waals surface area contributed by atoms with Crippen LogP contribution < -0.4 is 0 Å². The third-order valence-electron chi connectivity index (χ3n) is 9.72. The van der Waals surface area contributed by atoms with Gasteiger partial charge in [0.1, 0.15) is 11.2 Å². The molecule has 0 bridgehead atoms. The lowest BCUT2D eigenvalue weighted by atomic mass is 9.98. The van der Waals surface area contributed by atoms with Crippen LogP contribution >= 0.6 is 0 Å². The second kappa shape index (κ2) is 10.2. The number of rotatable bonds is 3. The van der Waals surface area contributed by atoms with Gasteiger partial charge in [0.05, 0.1) is 56.4 Å². The summed E-state index contributed by atoms with van der Waals surface area (Å²) in [5, 5.41) is 26.0. The van der Waals surface area contributed by atoms with Crippen molar-refractivity contribution in [1.82, 2.24) is 9.13 Å². The average molecular weight is 625 g/mol. The lowest BCUT2D eigenvalue weighted by molar-refractivity contribution is 0.669. The van der Waals surface area contributed by atoms with Gasteiger partial charge in [0.25, 0.3) is 0 Å². The molecular weight excluding hydrogens is 601 g/mol. The van der Waals surface area contributed by atoms with Gasteiger partial charge in [-0.2, -0.15) is 10.5 Å². The molecular formula is C44H24N4O. The van der Waals surface area contributed by atoms with Crippen molar-refractivity contribution in [2.24, 2.45) is 0 Å². The number of nitrogens with zero attached hydrogens (tertiary/aromatic N) is 4. The Hall–Kier alpha value is -7.08. The van der Waals surface area contributed by atoms with Crippen molar-refractivity contribution < 1.29 is 4.42 Å². The van der Waals surface area contributed by atoms with Gasteiger partial charge in [-0.25, -0.2) is 0 Å². The highest BCUT2D eigenvalue weighted by Crippen LogP contribution is 2.42. The van der Waals surface area contributed by atoms with Crippen LogP contribution in [0.3, 0.4) is 0 Å². The Bertz CT molecular complexity index is 3040. The van der Waals surface area contributed by atoms with Crippen LogP contribution in [0.5, 0.6) is 0 Å². The second-order valence-corrected chi connectivity index (χ2v) is 12.4. The Morgan fingerprint density at radius 3 is 1.80 bits per heavy atom. The van der Waals surface area contributed by atoms with E-state index in [0.29, 0.717) is 11.1 Å². The van der Waals surface area contributed by atoms with E-state index in [1.807, 2.05) is 30.3 Å². The normalized spacial score (nSPS) is 11.6. The van der Waals surface area contributed by atoms with Gasteiger partial charge in [-0.3, -0.25) is 0 Å². The van der Waals surface area contributed by atoms with E-state index in [2.05, 4.69) is 130 Å². The third-order valence-corrected chi connectivity index (χ3v) is 9.72. The first-order valence-corrected chi connectivity index (χ1v) is 16.1. The van der Waals surface area contributed by atoms with E-state index < -0.39 is 0 Å². The van der Waals surface area contributed by atoms with E-state index in [1.165, 1.54) is 27.1 Å². The quantitative estimate of drug-likeness (QED) is 0.196. The maximum Gasteiger partial charge on any atom is 0.137 e. The second-order valence-electron chi connectivity index (χ2n) is 12.4. The first-order valence-electron chi connectivity index (χ1n) is 16.1. The number of fused-ring (bicyclic) bond motifs is 9. The fourth-order valence-electron chi connectivity index (χ4n) is 7.64. The minimum atomic E-state index is 0.455. The molecule has 5 heteroatoms. The van der Waals surface area contributed by atoms with E-state index in [4.69, 9.17) is 4.42 Å². The minimum absolute atomic E-state index is 0.455. The lowest BCUT2D eigenvalue weighted by Crippen LogP contribution is -1.96. The Kier molecular flexibility index (Phi) is 5.64. The predicted octanol–water partition coefficient (Wildman–Crippen LogP) is 11.2. The molecule has 0 amide bonds. The van der Waals surface area contributed by atoms with E-state index in [-0.39, 0.29) is 0 Å². The van der Waals surface area contributed by atoms with E-state index in [1.54, 1.807) is 6.07 Å². The Balaban J connectivity index is 1.31. The molecule has 3 aromatic heterocycles. The fraction of sp³-hybridized carbons (Fsp3) is 0. The van der Waals surface area contributed by atoms with Crippen molar-refractivity contribution in [3.8, 4) is 34.6 Å². The van der Waals surface area contributed by atoms with E-state index in [9.17, 15) is 10.5 Å². The molecule has 10 rings (SSSR count). The largest absolute Gasteiger partial charge is 0.456 e. The van der Waals surface area contributed by atoms with Gasteiger partial charge in [-0.15, -0.1) is 0 Å². The average Bonchev–Trinajstić information content (AvgIpc) is 3.81. The minimum Gasteiger partial charge on any atom is -0.456 e. The van der Waals surface area contributed by atoms with E-state index >= 15 is 0 Å². The summed E-state index contributed by atoms with van der Waals surface area (Å²) in [7, 11) is 0. The van der Waals surface area contributed by atoms with Crippen molar-refractivity contribution >= 4 is 65.6 Å². The summed E-state index contributed by atoms with van der Waals surface area (Å²) in [6.07, 6.45) is 0. The zero-order valence-electron chi connectivity index (χ0n) is 26.1. The van der Waals surface area contributed by atoms with Gasteiger partial charge < -0.3 is 13.6 Å².